The Balaban J connectivity index is 1.20. The molecule has 0 radical (unpaired) electrons. The summed E-state index contributed by atoms with van der Waals surface area (Å²) in [5.74, 6) is 1.15. The highest BCUT2D eigenvalue weighted by Gasteiger charge is 2.22. The molecule has 48 heavy (non-hydrogen) atoms. The average Bonchev–Trinajstić information content (AvgIpc) is 3.72. The quantitative estimate of drug-likeness (QED) is 0.154. The molecule has 0 spiro atoms. The molecule has 6 rings (SSSR count). The minimum atomic E-state index is 0.0932. The van der Waals surface area contributed by atoms with Gasteiger partial charge in [0.05, 0.1) is 41.3 Å². The lowest BCUT2D eigenvalue weighted by atomic mass is 10.0. The number of methoxy groups -OCH3 is 2. The van der Waals surface area contributed by atoms with Crippen LogP contribution in [-0.4, -0.2) is 66.2 Å². The number of rotatable bonds is 13. The third kappa shape index (κ3) is 7.55. The van der Waals surface area contributed by atoms with Crippen LogP contribution in [0, 0.1) is 0 Å². The van der Waals surface area contributed by atoms with E-state index in [-0.39, 0.29) is 23.9 Å². The summed E-state index contributed by atoms with van der Waals surface area (Å²) in [4.78, 5) is 37.1. The number of nitrogens with one attached hydrogen (secondary N) is 4. The third-order valence-electron chi connectivity index (χ3n) is 8.54. The number of carbonyl (C=O) groups excluding carboxylic acids is 2. The summed E-state index contributed by atoms with van der Waals surface area (Å²) in [7, 11) is 3.17. The van der Waals surface area contributed by atoms with Crippen LogP contribution in [0.3, 0.4) is 0 Å². The normalized spacial score (nSPS) is 17.3. The lowest BCUT2D eigenvalue weighted by Gasteiger charge is -2.16. The van der Waals surface area contributed by atoms with Crippen molar-refractivity contribution in [2.45, 2.75) is 50.9 Å². The highest BCUT2D eigenvalue weighted by atomic mass is 35.5. The van der Waals surface area contributed by atoms with Crippen molar-refractivity contribution in [3.8, 4) is 45.5 Å². The number of hydrogen-bond donors (Lipinski definition) is 4. The Labute approximate surface area is 289 Å². The zero-order valence-corrected chi connectivity index (χ0v) is 28.3. The van der Waals surface area contributed by atoms with E-state index in [9.17, 15) is 9.59 Å². The second-order valence-electron chi connectivity index (χ2n) is 11.8. The lowest BCUT2D eigenvalue weighted by molar-refractivity contribution is -0.120. The van der Waals surface area contributed by atoms with Crippen molar-refractivity contribution >= 4 is 35.0 Å². The molecule has 2 saturated heterocycles. The number of benzene rings is 1. The molecule has 2 amide bonds. The molecule has 4 N–H and O–H groups in total. The Morgan fingerprint density at radius 2 is 1.25 bits per heavy atom. The summed E-state index contributed by atoms with van der Waals surface area (Å²) in [6, 6.07) is 15.5. The number of amides is 2. The second kappa shape index (κ2) is 15.3. The van der Waals surface area contributed by atoms with E-state index < -0.39 is 0 Å². The molecule has 11 nitrogen and oxygen atoms in total. The molecular weight excluding hydrogens is 653 g/mol. The predicted molar refractivity (Wildman–Crippen MR) is 185 cm³/mol. The molecule has 0 aliphatic carbocycles. The summed E-state index contributed by atoms with van der Waals surface area (Å²) in [6.45, 7) is 2.42. The van der Waals surface area contributed by atoms with Crippen molar-refractivity contribution in [3.63, 3.8) is 0 Å². The van der Waals surface area contributed by atoms with E-state index in [0.29, 0.717) is 94.6 Å². The Morgan fingerprint density at radius 3 is 1.75 bits per heavy atom. The highest BCUT2D eigenvalue weighted by molar-refractivity contribution is 6.39. The van der Waals surface area contributed by atoms with E-state index in [2.05, 4.69) is 26.3 Å². The van der Waals surface area contributed by atoms with Gasteiger partial charge in [0.1, 0.15) is 0 Å². The van der Waals surface area contributed by atoms with Crippen molar-refractivity contribution < 1.29 is 19.1 Å². The SMILES string of the molecule is COc1nc(-c2cccc(-c3nccc(-c4ccc(CNC[C@H]5CCC(=O)N5)c(OC)n4)c3Cl)c2Cl)ccc1CNC[C@@H]1CCC(=O)N1. The van der Waals surface area contributed by atoms with Crippen LogP contribution in [0.1, 0.15) is 36.8 Å². The van der Waals surface area contributed by atoms with Gasteiger partial charge in [0.2, 0.25) is 23.6 Å². The number of ether oxygens (including phenoxy) is 2. The number of aromatic nitrogens is 3. The minimum absolute atomic E-state index is 0.0932. The molecule has 3 aromatic heterocycles. The van der Waals surface area contributed by atoms with Gasteiger partial charge < -0.3 is 30.7 Å². The zero-order chi connectivity index (χ0) is 33.6. The Bertz CT molecular complexity index is 1690. The fourth-order valence-electron chi connectivity index (χ4n) is 6.03. The Hall–Kier alpha value is -4.29. The van der Waals surface area contributed by atoms with Gasteiger partial charge in [-0.05, 0) is 31.0 Å². The maximum Gasteiger partial charge on any atom is 0.220 e. The number of halogens is 2. The van der Waals surface area contributed by atoms with E-state index in [1.807, 2.05) is 48.5 Å². The van der Waals surface area contributed by atoms with Gasteiger partial charge in [-0.3, -0.25) is 14.6 Å². The summed E-state index contributed by atoms with van der Waals surface area (Å²) in [5.41, 5.74) is 5.60. The molecule has 5 heterocycles. The maximum absolute atomic E-state index is 11.5. The first kappa shape index (κ1) is 33.6. The van der Waals surface area contributed by atoms with Crippen molar-refractivity contribution in [2.24, 2.45) is 0 Å². The van der Waals surface area contributed by atoms with Crippen LogP contribution in [0.25, 0.3) is 33.8 Å². The fraction of sp³-hybridized carbons (Fsp3) is 0.343. The van der Waals surface area contributed by atoms with E-state index in [4.69, 9.17) is 42.6 Å². The Morgan fingerprint density at radius 1 is 0.729 bits per heavy atom. The molecule has 2 aliphatic rings. The van der Waals surface area contributed by atoms with Gasteiger partial charge in [-0.15, -0.1) is 0 Å². The molecule has 0 unspecified atom stereocenters. The first-order chi connectivity index (χ1) is 23.3. The molecule has 4 aromatic rings. The van der Waals surface area contributed by atoms with Crippen LogP contribution < -0.4 is 30.7 Å². The van der Waals surface area contributed by atoms with Crippen LogP contribution in [-0.2, 0) is 22.7 Å². The van der Waals surface area contributed by atoms with Crippen LogP contribution in [0.5, 0.6) is 11.8 Å². The number of carbonyl (C=O) groups is 2. The fourth-order valence-corrected chi connectivity index (χ4v) is 6.65. The first-order valence-corrected chi connectivity index (χ1v) is 16.6. The Kier molecular flexibility index (Phi) is 10.7. The van der Waals surface area contributed by atoms with Crippen LogP contribution in [0.4, 0.5) is 0 Å². The monoisotopic (exact) mass is 689 g/mol. The number of pyridine rings is 3. The maximum atomic E-state index is 11.5. The van der Waals surface area contributed by atoms with Gasteiger partial charge in [-0.25, -0.2) is 9.97 Å². The summed E-state index contributed by atoms with van der Waals surface area (Å²) < 4.78 is 11.3. The second-order valence-corrected chi connectivity index (χ2v) is 12.5. The molecule has 13 heteroatoms. The van der Waals surface area contributed by atoms with Gasteiger partial charge in [-0.2, -0.15) is 0 Å². The largest absolute Gasteiger partial charge is 0.481 e. The standard InChI is InChI=1S/C35H37Cl2N7O4/c1-47-34-20(16-38-18-22-8-12-29(45)41-22)6-10-27(43-34)24-4-3-5-26(31(24)36)33-32(37)25(14-15-40-33)28-11-7-21(35(44-28)48-2)17-39-19-23-9-13-30(46)42-23/h3-7,10-11,14-15,22-23,38-39H,8-9,12-13,16-19H2,1-2H3,(H,41,45)(H,42,46)/t22-,23+/m0/s1. The molecule has 2 aliphatic heterocycles. The number of nitrogens with zero attached hydrogens (tertiary/aromatic N) is 3. The van der Waals surface area contributed by atoms with Gasteiger partial charge in [0.15, 0.2) is 0 Å². The van der Waals surface area contributed by atoms with Crippen molar-refractivity contribution in [1.29, 1.82) is 0 Å². The molecule has 250 valence electrons. The van der Waals surface area contributed by atoms with Crippen LogP contribution in [0.2, 0.25) is 10.0 Å². The summed E-state index contributed by atoms with van der Waals surface area (Å²) >= 11 is 14.0. The molecule has 2 fully saturated rings. The minimum Gasteiger partial charge on any atom is -0.481 e. The van der Waals surface area contributed by atoms with Gasteiger partial charge in [-0.1, -0.05) is 53.5 Å². The van der Waals surface area contributed by atoms with E-state index in [1.165, 1.54) is 0 Å². The first-order valence-electron chi connectivity index (χ1n) is 15.9. The van der Waals surface area contributed by atoms with Crippen molar-refractivity contribution in [2.75, 3.05) is 27.3 Å². The van der Waals surface area contributed by atoms with Gasteiger partial charge in [0, 0.05) is 85.1 Å². The number of hydrogen-bond acceptors (Lipinski definition) is 9. The molecule has 0 bridgehead atoms. The zero-order valence-electron chi connectivity index (χ0n) is 26.7. The average molecular weight is 691 g/mol. The van der Waals surface area contributed by atoms with E-state index in [1.54, 1.807) is 20.4 Å². The summed E-state index contributed by atoms with van der Waals surface area (Å²) in [5, 5.41) is 13.5. The van der Waals surface area contributed by atoms with Gasteiger partial charge >= 0.3 is 0 Å². The lowest BCUT2D eigenvalue weighted by Crippen LogP contribution is -2.35. The topological polar surface area (TPSA) is 139 Å². The summed E-state index contributed by atoms with van der Waals surface area (Å²) in [6.07, 6.45) is 4.47. The smallest absolute Gasteiger partial charge is 0.220 e. The predicted octanol–water partition coefficient (Wildman–Crippen LogP) is 4.93. The van der Waals surface area contributed by atoms with Gasteiger partial charge in [0.25, 0.3) is 0 Å². The van der Waals surface area contributed by atoms with Crippen molar-refractivity contribution in [3.05, 3.63) is 75.9 Å². The molecule has 2 atom stereocenters. The molecule has 1 aromatic carbocycles. The van der Waals surface area contributed by atoms with E-state index in [0.717, 1.165) is 24.0 Å². The van der Waals surface area contributed by atoms with Crippen LogP contribution in [0.15, 0.2) is 54.7 Å². The van der Waals surface area contributed by atoms with E-state index >= 15 is 0 Å². The van der Waals surface area contributed by atoms with Crippen molar-refractivity contribution in [1.82, 2.24) is 36.2 Å². The highest BCUT2D eigenvalue weighted by Crippen LogP contribution is 2.41. The van der Waals surface area contributed by atoms with Crippen LogP contribution >= 0.6 is 23.2 Å². The molecular formula is C35H37Cl2N7O4. The third-order valence-corrected chi connectivity index (χ3v) is 9.33. The molecule has 0 saturated carbocycles.